The second-order valence-corrected chi connectivity index (χ2v) is 10.8. The number of carbonyl (C=O) groups excluding carboxylic acids is 1. The molecule has 5 nitrogen and oxygen atoms in total. The highest BCUT2D eigenvalue weighted by atomic mass is 16.2. The van der Waals surface area contributed by atoms with Crippen molar-refractivity contribution in [2.45, 2.75) is 70.9 Å². The second-order valence-electron chi connectivity index (χ2n) is 10.8. The summed E-state index contributed by atoms with van der Waals surface area (Å²) in [5, 5.41) is 1.45. The van der Waals surface area contributed by atoms with Gasteiger partial charge in [-0.15, -0.1) is 0 Å². The third-order valence-electron chi connectivity index (χ3n) is 8.31. The lowest BCUT2D eigenvalue weighted by atomic mass is 9.72. The van der Waals surface area contributed by atoms with Gasteiger partial charge in [0.1, 0.15) is 0 Å². The fraction of sp³-hybridized carbons (Fsp3) is 0.533. The van der Waals surface area contributed by atoms with E-state index in [1.807, 2.05) is 18.3 Å². The van der Waals surface area contributed by atoms with Crippen molar-refractivity contribution < 1.29 is 4.79 Å². The molecule has 0 unspecified atom stereocenters. The van der Waals surface area contributed by atoms with Gasteiger partial charge in [-0.1, -0.05) is 18.2 Å². The number of aromatic nitrogens is 2. The van der Waals surface area contributed by atoms with Gasteiger partial charge < -0.3 is 14.4 Å². The van der Waals surface area contributed by atoms with Gasteiger partial charge in [-0.05, 0) is 89.2 Å². The van der Waals surface area contributed by atoms with Crippen molar-refractivity contribution in [3.8, 4) is 0 Å². The van der Waals surface area contributed by atoms with Crippen LogP contribution in [0.5, 0.6) is 0 Å². The Balaban J connectivity index is 1.29. The number of hydrogen-bond donors (Lipinski definition) is 0. The van der Waals surface area contributed by atoms with Gasteiger partial charge in [-0.25, -0.2) is 0 Å². The molecular weight excluding hydrogens is 432 g/mol. The molecule has 1 aliphatic carbocycles. The van der Waals surface area contributed by atoms with Crippen molar-refractivity contribution in [1.82, 2.24) is 19.4 Å². The molecule has 2 aliphatic rings. The van der Waals surface area contributed by atoms with Crippen LogP contribution in [0.3, 0.4) is 0 Å². The normalized spacial score (nSPS) is 21.9. The van der Waals surface area contributed by atoms with E-state index in [4.69, 9.17) is 0 Å². The highest BCUT2D eigenvalue weighted by Crippen LogP contribution is 2.45. The standard InChI is InChI=1S/C30H40N4O/c1-5-33(16-9-7-12-24-11-6-8-15-31-24)30(35)23-17-26-25-13-10-14-27-29(25)22(20-34(27)21(2)3)18-28(26)32(4)19-23/h6,8,10-11,13-15,20-21,23,26,28H,5,7,9,12,16-19H2,1-4H3/t23-,26-,28-/m1/s1. The fourth-order valence-electron chi connectivity index (χ4n) is 6.52. The summed E-state index contributed by atoms with van der Waals surface area (Å²) < 4.78 is 2.43. The minimum absolute atomic E-state index is 0.0704. The Labute approximate surface area is 210 Å². The number of likely N-dealkylation sites (N-methyl/N-ethyl adjacent to an activating group) is 1. The van der Waals surface area contributed by atoms with Gasteiger partial charge in [0.05, 0.1) is 5.92 Å². The van der Waals surface area contributed by atoms with Gasteiger partial charge in [-0.2, -0.15) is 0 Å². The summed E-state index contributed by atoms with van der Waals surface area (Å²) in [6.45, 7) is 9.13. The molecule has 3 atom stereocenters. The molecule has 2 aromatic heterocycles. The van der Waals surface area contributed by atoms with Gasteiger partial charge in [0, 0.05) is 66.6 Å². The van der Waals surface area contributed by atoms with Crippen molar-refractivity contribution in [1.29, 1.82) is 0 Å². The molecule has 0 bridgehead atoms. The van der Waals surface area contributed by atoms with Crippen LogP contribution in [-0.2, 0) is 17.6 Å². The van der Waals surface area contributed by atoms with Gasteiger partial charge in [0.2, 0.25) is 5.91 Å². The maximum Gasteiger partial charge on any atom is 0.226 e. The van der Waals surface area contributed by atoms with E-state index < -0.39 is 0 Å². The Morgan fingerprint density at radius 1 is 1.17 bits per heavy atom. The number of nitrogens with zero attached hydrogens (tertiary/aromatic N) is 4. The molecule has 1 aliphatic heterocycles. The number of pyridine rings is 1. The minimum Gasteiger partial charge on any atom is -0.345 e. The molecule has 0 N–H and O–H groups in total. The van der Waals surface area contributed by atoms with Gasteiger partial charge >= 0.3 is 0 Å². The number of fused-ring (bicyclic) bond motifs is 2. The summed E-state index contributed by atoms with van der Waals surface area (Å²) in [5.41, 5.74) is 5.42. The lowest BCUT2D eigenvalue weighted by molar-refractivity contribution is -0.138. The Morgan fingerprint density at radius 2 is 2.03 bits per heavy atom. The highest BCUT2D eigenvalue weighted by Gasteiger charge is 2.42. The van der Waals surface area contributed by atoms with Gasteiger partial charge in [-0.3, -0.25) is 9.78 Å². The summed E-state index contributed by atoms with van der Waals surface area (Å²) in [6.07, 6.45) is 9.35. The van der Waals surface area contributed by atoms with Gasteiger partial charge in [0.15, 0.2) is 0 Å². The van der Waals surface area contributed by atoms with Crippen LogP contribution in [0, 0.1) is 5.92 Å². The van der Waals surface area contributed by atoms with Gasteiger partial charge in [0.25, 0.3) is 0 Å². The molecule has 3 heterocycles. The van der Waals surface area contributed by atoms with Crippen LogP contribution in [0.15, 0.2) is 48.8 Å². The Morgan fingerprint density at radius 3 is 2.77 bits per heavy atom. The minimum atomic E-state index is 0.0704. The van der Waals surface area contributed by atoms with Crippen molar-refractivity contribution >= 4 is 16.8 Å². The molecule has 1 fully saturated rings. The van der Waals surface area contributed by atoms with Crippen LogP contribution in [-0.4, -0.2) is 58.0 Å². The molecule has 3 aromatic rings. The van der Waals surface area contributed by atoms with Crippen LogP contribution in [0.2, 0.25) is 0 Å². The van der Waals surface area contributed by atoms with Crippen LogP contribution < -0.4 is 0 Å². The van der Waals surface area contributed by atoms with Crippen LogP contribution in [0.4, 0.5) is 0 Å². The number of rotatable bonds is 8. The molecule has 5 rings (SSSR count). The summed E-state index contributed by atoms with van der Waals surface area (Å²) in [5.74, 6) is 0.833. The monoisotopic (exact) mass is 472 g/mol. The molecule has 1 amide bonds. The van der Waals surface area contributed by atoms with E-state index in [2.05, 4.69) is 77.6 Å². The number of piperidine rings is 1. The first-order valence-electron chi connectivity index (χ1n) is 13.5. The molecule has 1 saturated heterocycles. The molecular formula is C30H40N4O. The molecule has 0 spiro atoms. The lowest BCUT2D eigenvalue weighted by Gasteiger charge is -2.45. The predicted octanol–water partition coefficient (Wildman–Crippen LogP) is 5.45. The first-order valence-corrected chi connectivity index (χ1v) is 13.5. The first-order chi connectivity index (χ1) is 17.0. The molecule has 0 saturated carbocycles. The molecule has 5 heteroatoms. The number of likely N-dealkylation sites (tertiary alicyclic amines) is 1. The molecule has 0 radical (unpaired) electrons. The lowest BCUT2D eigenvalue weighted by Crippen LogP contribution is -2.52. The summed E-state index contributed by atoms with van der Waals surface area (Å²) in [7, 11) is 2.23. The number of aryl methyl sites for hydroxylation is 1. The number of benzene rings is 1. The Bertz CT molecular complexity index is 1170. The van der Waals surface area contributed by atoms with Crippen molar-refractivity contribution in [2.24, 2.45) is 5.92 Å². The Kier molecular flexibility index (Phi) is 6.97. The average molecular weight is 473 g/mol. The summed E-state index contributed by atoms with van der Waals surface area (Å²) in [4.78, 5) is 22.7. The summed E-state index contributed by atoms with van der Waals surface area (Å²) in [6, 6.07) is 13.8. The zero-order chi connectivity index (χ0) is 24.5. The predicted molar refractivity (Wildman–Crippen MR) is 143 cm³/mol. The number of unbranched alkanes of at least 4 members (excludes halogenated alkanes) is 1. The third kappa shape index (κ3) is 4.63. The SMILES string of the molecule is CCN(CCCCc1ccccn1)C(=O)[C@@H]1C[C@@H]2c3cccc4c3c(cn4C(C)C)C[C@H]2N(C)C1. The zero-order valence-corrected chi connectivity index (χ0v) is 21.8. The number of amides is 1. The van der Waals surface area contributed by atoms with Crippen LogP contribution in [0.25, 0.3) is 10.9 Å². The van der Waals surface area contributed by atoms with E-state index in [1.54, 1.807) is 0 Å². The van der Waals surface area contributed by atoms with E-state index in [0.717, 1.165) is 57.4 Å². The van der Waals surface area contributed by atoms with Crippen LogP contribution >= 0.6 is 0 Å². The summed E-state index contributed by atoms with van der Waals surface area (Å²) >= 11 is 0. The molecule has 1 aromatic carbocycles. The first kappa shape index (κ1) is 24.1. The quantitative estimate of drug-likeness (QED) is 0.410. The van der Waals surface area contributed by atoms with E-state index in [9.17, 15) is 4.79 Å². The second kappa shape index (κ2) is 10.1. The maximum atomic E-state index is 13.7. The van der Waals surface area contributed by atoms with E-state index >= 15 is 0 Å². The molecule has 186 valence electrons. The van der Waals surface area contributed by atoms with Crippen molar-refractivity contribution in [2.75, 3.05) is 26.7 Å². The third-order valence-corrected chi connectivity index (χ3v) is 8.31. The van der Waals surface area contributed by atoms with Crippen LogP contribution in [0.1, 0.15) is 68.8 Å². The average Bonchev–Trinajstić information content (AvgIpc) is 3.25. The largest absolute Gasteiger partial charge is 0.345 e. The van der Waals surface area contributed by atoms with E-state index in [-0.39, 0.29) is 5.92 Å². The number of carbonyl (C=O) groups is 1. The highest BCUT2D eigenvalue weighted by molar-refractivity contribution is 5.89. The smallest absolute Gasteiger partial charge is 0.226 e. The molecule has 35 heavy (non-hydrogen) atoms. The fourth-order valence-corrected chi connectivity index (χ4v) is 6.52. The zero-order valence-electron chi connectivity index (χ0n) is 21.8. The maximum absolute atomic E-state index is 13.7. The van der Waals surface area contributed by atoms with E-state index in [0.29, 0.717) is 23.9 Å². The Hall–Kier alpha value is -2.66. The van der Waals surface area contributed by atoms with Crippen molar-refractivity contribution in [3.05, 3.63) is 65.6 Å². The topological polar surface area (TPSA) is 41.4 Å². The van der Waals surface area contributed by atoms with E-state index in [1.165, 1.54) is 22.0 Å². The number of hydrogen-bond acceptors (Lipinski definition) is 3. The van der Waals surface area contributed by atoms with Crippen molar-refractivity contribution in [3.63, 3.8) is 0 Å².